The Morgan fingerprint density at radius 3 is 2.13 bits per heavy atom. The monoisotopic (exact) mass is 414 g/mol. The van der Waals surface area contributed by atoms with Gasteiger partial charge in [-0.25, -0.2) is 0 Å². The van der Waals surface area contributed by atoms with Gasteiger partial charge in [0.1, 0.15) is 0 Å². The molecule has 3 rings (SSSR count). The zero-order chi connectivity index (χ0) is 16.1. The second-order valence-electron chi connectivity index (χ2n) is 5.00. The summed E-state index contributed by atoms with van der Waals surface area (Å²) < 4.78 is 1.13. The predicted octanol–water partition coefficient (Wildman–Crippen LogP) is 5.29. The van der Waals surface area contributed by atoms with Crippen LogP contribution in [0.3, 0.4) is 0 Å². The molecule has 0 aliphatic rings. The van der Waals surface area contributed by atoms with Gasteiger partial charge < -0.3 is 10.6 Å². The first-order valence-electron chi connectivity index (χ1n) is 7.20. The molecule has 0 saturated heterocycles. The van der Waals surface area contributed by atoms with Crippen LogP contribution in [0.15, 0.2) is 78.9 Å². The lowest BCUT2D eigenvalue weighted by Gasteiger charge is -2.12. The topological polar surface area (TPSA) is 41.1 Å². The number of benzene rings is 3. The van der Waals surface area contributed by atoms with Crippen molar-refractivity contribution in [3.05, 3.63) is 88.0 Å². The molecular weight excluding hydrogens is 399 g/mol. The maximum Gasteiger partial charge on any atom is 0.257 e. The highest BCUT2D eigenvalue weighted by Gasteiger charge is 2.11. The van der Waals surface area contributed by atoms with Crippen molar-refractivity contribution in [3.8, 4) is 0 Å². The van der Waals surface area contributed by atoms with Gasteiger partial charge in [-0.15, -0.1) is 0 Å². The van der Waals surface area contributed by atoms with Gasteiger partial charge >= 0.3 is 0 Å². The van der Waals surface area contributed by atoms with Crippen LogP contribution < -0.4 is 10.6 Å². The summed E-state index contributed by atoms with van der Waals surface area (Å²) >= 11 is 2.24. The minimum Gasteiger partial charge on any atom is -0.355 e. The minimum atomic E-state index is -0.134. The standard InChI is InChI=1S/C19H15IN2O/c20-14-10-12-16(13-11-14)22-19(23)17-8-4-5-9-18(17)21-15-6-2-1-3-7-15/h1-13,21H,(H,22,23). The lowest BCUT2D eigenvalue weighted by atomic mass is 10.1. The van der Waals surface area contributed by atoms with Crippen LogP contribution in [-0.4, -0.2) is 5.91 Å². The number of hydrogen-bond donors (Lipinski definition) is 2. The Morgan fingerprint density at radius 1 is 0.739 bits per heavy atom. The van der Waals surface area contributed by atoms with Gasteiger partial charge in [0.15, 0.2) is 0 Å². The molecule has 0 fully saturated rings. The molecule has 3 nitrogen and oxygen atoms in total. The summed E-state index contributed by atoms with van der Waals surface area (Å²) in [6.07, 6.45) is 0. The molecular formula is C19H15IN2O. The van der Waals surface area contributed by atoms with Crippen molar-refractivity contribution in [1.82, 2.24) is 0 Å². The Kier molecular flexibility index (Phi) is 4.92. The number of rotatable bonds is 4. The Labute approximate surface area is 148 Å². The van der Waals surface area contributed by atoms with Crippen LogP contribution in [-0.2, 0) is 0 Å². The van der Waals surface area contributed by atoms with Crippen LogP contribution in [0.1, 0.15) is 10.4 Å². The second-order valence-corrected chi connectivity index (χ2v) is 6.24. The molecule has 0 aromatic heterocycles. The maximum atomic E-state index is 12.6. The summed E-state index contributed by atoms with van der Waals surface area (Å²) in [5.74, 6) is -0.134. The van der Waals surface area contributed by atoms with Gasteiger partial charge in [-0.05, 0) is 71.1 Å². The molecule has 0 aliphatic heterocycles. The molecule has 0 bridgehead atoms. The molecule has 3 aromatic carbocycles. The van der Waals surface area contributed by atoms with E-state index in [1.165, 1.54) is 0 Å². The van der Waals surface area contributed by atoms with Gasteiger partial charge in [0.05, 0.1) is 11.3 Å². The van der Waals surface area contributed by atoms with E-state index in [0.717, 1.165) is 20.6 Å². The largest absolute Gasteiger partial charge is 0.355 e. The van der Waals surface area contributed by atoms with E-state index in [0.29, 0.717) is 5.56 Å². The number of carbonyl (C=O) groups excluding carboxylic acids is 1. The van der Waals surface area contributed by atoms with E-state index in [2.05, 4.69) is 33.2 Å². The van der Waals surface area contributed by atoms with Crippen molar-refractivity contribution in [2.45, 2.75) is 0 Å². The van der Waals surface area contributed by atoms with Crippen molar-refractivity contribution in [2.75, 3.05) is 10.6 Å². The van der Waals surface area contributed by atoms with Gasteiger partial charge in [-0.3, -0.25) is 4.79 Å². The molecule has 0 heterocycles. The van der Waals surface area contributed by atoms with Crippen molar-refractivity contribution < 1.29 is 4.79 Å². The molecule has 1 amide bonds. The SMILES string of the molecule is O=C(Nc1ccc(I)cc1)c1ccccc1Nc1ccccc1. The quantitative estimate of drug-likeness (QED) is 0.570. The van der Waals surface area contributed by atoms with E-state index in [1.807, 2.05) is 78.9 Å². The third kappa shape index (κ3) is 4.10. The summed E-state index contributed by atoms with van der Waals surface area (Å²) in [7, 11) is 0. The Morgan fingerprint density at radius 2 is 1.39 bits per heavy atom. The lowest BCUT2D eigenvalue weighted by molar-refractivity contribution is 0.102. The summed E-state index contributed by atoms with van der Waals surface area (Å²) in [6.45, 7) is 0. The molecule has 0 spiro atoms. The number of amides is 1. The average Bonchev–Trinajstić information content (AvgIpc) is 2.58. The lowest BCUT2D eigenvalue weighted by Crippen LogP contribution is -2.13. The number of para-hydroxylation sites is 2. The number of carbonyl (C=O) groups is 1. The molecule has 114 valence electrons. The first-order valence-corrected chi connectivity index (χ1v) is 8.28. The van der Waals surface area contributed by atoms with E-state index < -0.39 is 0 Å². The Bertz CT molecular complexity index is 801. The van der Waals surface area contributed by atoms with Crippen LogP contribution in [0, 0.1) is 3.57 Å². The number of nitrogens with one attached hydrogen (secondary N) is 2. The van der Waals surface area contributed by atoms with Crippen LogP contribution in [0.2, 0.25) is 0 Å². The minimum absolute atomic E-state index is 0.134. The fourth-order valence-electron chi connectivity index (χ4n) is 2.20. The van der Waals surface area contributed by atoms with Gasteiger partial charge in [-0.1, -0.05) is 30.3 Å². The van der Waals surface area contributed by atoms with Gasteiger partial charge in [0.25, 0.3) is 5.91 Å². The zero-order valence-electron chi connectivity index (χ0n) is 12.3. The van der Waals surface area contributed by atoms with Crippen molar-refractivity contribution in [3.63, 3.8) is 0 Å². The summed E-state index contributed by atoms with van der Waals surface area (Å²) in [6, 6.07) is 25.0. The van der Waals surface area contributed by atoms with E-state index in [-0.39, 0.29) is 5.91 Å². The molecule has 0 unspecified atom stereocenters. The highest BCUT2D eigenvalue weighted by atomic mass is 127. The molecule has 2 N–H and O–H groups in total. The molecule has 23 heavy (non-hydrogen) atoms. The third-order valence-corrected chi connectivity index (χ3v) is 4.05. The highest BCUT2D eigenvalue weighted by molar-refractivity contribution is 14.1. The smallest absolute Gasteiger partial charge is 0.257 e. The Balaban J connectivity index is 1.82. The fourth-order valence-corrected chi connectivity index (χ4v) is 2.56. The fraction of sp³-hybridized carbons (Fsp3) is 0. The number of anilines is 3. The van der Waals surface area contributed by atoms with Crippen molar-refractivity contribution >= 4 is 45.6 Å². The van der Waals surface area contributed by atoms with E-state index in [9.17, 15) is 4.79 Å². The van der Waals surface area contributed by atoms with Gasteiger partial charge in [0.2, 0.25) is 0 Å². The van der Waals surface area contributed by atoms with E-state index >= 15 is 0 Å². The van der Waals surface area contributed by atoms with Gasteiger partial charge in [-0.2, -0.15) is 0 Å². The average molecular weight is 414 g/mol. The molecule has 3 aromatic rings. The normalized spacial score (nSPS) is 10.1. The summed E-state index contributed by atoms with van der Waals surface area (Å²) in [5, 5.41) is 6.22. The maximum absolute atomic E-state index is 12.6. The second kappa shape index (κ2) is 7.28. The number of halogens is 1. The van der Waals surface area contributed by atoms with Crippen molar-refractivity contribution in [2.24, 2.45) is 0 Å². The molecule has 0 radical (unpaired) electrons. The molecule has 0 aliphatic carbocycles. The van der Waals surface area contributed by atoms with E-state index in [1.54, 1.807) is 0 Å². The third-order valence-electron chi connectivity index (χ3n) is 3.33. The predicted molar refractivity (Wildman–Crippen MR) is 103 cm³/mol. The van der Waals surface area contributed by atoms with Crippen LogP contribution in [0.25, 0.3) is 0 Å². The van der Waals surface area contributed by atoms with Crippen LogP contribution in [0.5, 0.6) is 0 Å². The molecule has 4 heteroatoms. The summed E-state index contributed by atoms with van der Waals surface area (Å²) in [4.78, 5) is 12.6. The Hall–Kier alpha value is -2.34. The van der Waals surface area contributed by atoms with Crippen molar-refractivity contribution in [1.29, 1.82) is 0 Å². The van der Waals surface area contributed by atoms with Gasteiger partial charge in [0, 0.05) is 14.9 Å². The number of hydrogen-bond acceptors (Lipinski definition) is 2. The first-order chi connectivity index (χ1) is 11.2. The molecule has 0 saturated carbocycles. The van der Waals surface area contributed by atoms with Crippen LogP contribution >= 0.6 is 22.6 Å². The zero-order valence-corrected chi connectivity index (χ0v) is 14.4. The first kappa shape index (κ1) is 15.6. The highest BCUT2D eigenvalue weighted by Crippen LogP contribution is 2.22. The van der Waals surface area contributed by atoms with E-state index in [4.69, 9.17) is 0 Å². The summed E-state index contributed by atoms with van der Waals surface area (Å²) in [5.41, 5.74) is 3.11. The molecule has 0 atom stereocenters. The van der Waals surface area contributed by atoms with Crippen LogP contribution in [0.4, 0.5) is 17.1 Å².